The van der Waals surface area contributed by atoms with Gasteiger partial charge in [0.25, 0.3) is 0 Å². The van der Waals surface area contributed by atoms with Gasteiger partial charge in [0, 0.05) is 0 Å². The second-order valence-electron chi connectivity index (χ2n) is 0.0833. The van der Waals surface area contributed by atoms with Crippen LogP contribution in [-0.4, -0.2) is 21.5 Å². The van der Waals surface area contributed by atoms with Crippen LogP contribution in [0.1, 0.15) is 0 Å². The number of rotatable bonds is 0. The van der Waals surface area contributed by atoms with Crippen LogP contribution < -0.4 is 72.3 Å². The van der Waals surface area contributed by atoms with Crippen LogP contribution in [0.4, 0.5) is 4.70 Å². The molecular formula is HCsFO2Sn. The molecule has 0 rings (SSSR count). The Hall–Kier alpha value is 2.54. The Morgan fingerprint density at radius 3 is 1.60 bits per heavy atom. The second-order valence-corrected chi connectivity index (χ2v) is 0.559. The predicted octanol–water partition coefficient (Wildman–Crippen LogP) is -4.53. The van der Waals surface area contributed by atoms with Gasteiger partial charge in [-0.05, 0) is 0 Å². The monoisotopic (exact) mass is 305 g/mol. The summed E-state index contributed by atoms with van der Waals surface area (Å²) >= 11 is -2.27. The zero-order valence-electron chi connectivity index (χ0n) is 2.72. The third kappa shape index (κ3) is 20.9. The van der Waals surface area contributed by atoms with E-state index in [2.05, 4.69) is 0 Å². The van der Waals surface area contributed by atoms with E-state index in [0.717, 1.165) is 0 Å². The van der Waals surface area contributed by atoms with E-state index in [4.69, 9.17) is 6.52 Å². The van der Waals surface area contributed by atoms with Gasteiger partial charge in [0.15, 0.2) is 0 Å². The Morgan fingerprint density at radius 2 is 1.60 bits per heavy atom. The van der Waals surface area contributed by atoms with Crippen molar-refractivity contribution in [3.63, 3.8) is 0 Å². The Morgan fingerprint density at radius 1 is 1.60 bits per heavy atom. The van der Waals surface area contributed by atoms with Gasteiger partial charge in [0.1, 0.15) is 0 Å². The van der Waals surface area contributed by atoms with Crippen LogP contribution in [0.15, 0.2) is 0 Å². The van der Waals surface area contributed by atoms with Crippen molar-refractivity contribution < 1.29 is 80.1 Å². The predicted molar refractivity (Wildman–Crippen MR) is 8.94 cm³/mol. The summed E-state index contributed by atoms with van der Waals surface area (Å²) in [7, 11) is 0. The van der Waals surface area contributed by atoms with Gasteiger partial charge in [-0.15, -0.1) is 0 Å². The third-order valence-corrected chi connectivity index (χ3v) is 0. The average Bonchev–Trinajstić information content (AvgIpc) is 0.918. The summed E-state index contributed by atoms with van der Waals surface area (Å²) in [6.45, 7) is 0. The molecule has 1 radical (unpaired) electrons. The molecule has 0 aliphatic carbocycles. The molecule has 0 spiro atoms. The van der Waals surface area contributed by atoms with Gasteiger partial charge in [-0.2, -0.15) is 0 Å². The van der Waals surface area contributed by atoms with Gasteiger partial charge in [0.05, 0.1) is 0 Å². The molecule has 0 saturated carbocycles. The average molecular weight is 304 g/mol. The molecule has 0 saturated heterocycles. The summed E-state index contributed by atoms with van der Waals surface area (Å²) in [6.07, 6.45) is 0. The van der Waals surface area contributed by atoms with Gasteiger partial charge in [-0.1, -0.05) is 0 Å². The van der Waals surface area contributed by atoms with E-state index in [0.29, 0.717) is 0 Å². The molecular weight excluding hydrogens is 303 g/mol. The maximum absolute atomic E-state index is 8.54. The Labute approximate surface area is 98.6 Å². The van der Waals surface area contributed by atoms with Gasteiger partial charge in [-0.3, -0.25) is 4.70 Å². The molecule has 0 heterocycles. The molecule has 5 heavy (non-hydrogen) atoms. The van der Waals surface area contributed by atoms with E-state index in [-0.39, 0.29) is 73.6 Å². The molecule has 0 aliphatic heterocycles. The van der Waals surface area contributed by atoms with E-state index in [1.807, 2.05) is 0 Å². The molecule has 0 aromatic carbocycles. The number of hydrogen-bond donors (Lipinski definition) is 0. The van der Waals surface area contributed by atoms with Crippen molar-refractivity contribution in [3.05, 3.63) is 0 Å². The van der Waals surface area contributed by atoms with Crippen molar-refractivity contribution >= 4 is 21.5 Å². The van der Waals surface area contributed by atoms with Crippen LogP contribution in [0.25, 0.3) is 0 Å². The minimum atomic E-state index is -2.27. The van der Waals surface area contributed by atoms with Gasteiger partial charge in [0.2, 0.25) is 0 Å². The molecule has 0 amide bonds. The van der Waals surface area contributed by atoms with Crippen LogP contribution in [0.5, 0.6) is 0 Å². The Kier molecular flexibility index (Phi) is 50.1. The molecule has 0 atom stereocenters. The minimum absolute atomic E-state index is 0. The SMILES string of the molecule is F.[Cs+].[O]=[Sn][O-]. The first kappa shape index (κ1) is 15.6. The molecule has 25 valence electrons. The molecule has 0 aromatic heterocycles. The first-order valence-corrected chi connectivity index (χ1v) is 2.74. The molecule has 0 fully saturated rings. The van der Waals surface area contributed by atoms with Gasteiger partial charge in [-0.25, -0.2) is 0 Å². The van der Waals surface area contributed by atoms with Crippen molar-refractivity contribution in [3.8, 4) is 0 Å². The summed E-state index contributed by atoms with van der Waals surface area (Å²) < 4.78 is 17.1. The summed E-state index contributed by atoms with van der Waals surface area (Å²) in [4.78, 5) is 0. The van der Waals surface area contributed by atoms with Crippen LogP contribution in [0.2, 0.25) is 0 Å². The van der Waals surface area contributed by atoms with Crippen molar-refractivity contribution in [2.45, 2.75) is 0 Å². The summed E-state index contributed by atoms with van der Waals surface area (Å²) in [5.74, 6) is 0. The van der Waals surface area contributed by atoms with Gasteiger partial charge >= 0.3 is 97.0 Å². The number of halogens is 1. The third-order valence-electron chi connectivity index (χ3n) is 0. The first-order chi connectivity index (χ1) is 1.41. The topological polar surface area (TPSA) is 40.1 Å². The molecule has 0 N–H and O–H groups in total. The normalized spacial score (nSPS) is 2.60. The molecule has 2 nitrogen and oxygen atoms in total. The van der Waals surface area contributed by atoms with Crippen molar-refractivity contribution in [2.24, 2.45) is 0 Å². The van der Waals surface area contributed by atoms with Crippen LogP contribution in [0.3, 0.4) is 0 Å². The van der Waals surface area contributed by atoms with Gasteiger partial charge < -0.3 is 0 Å². The molecule has 0 bridgehead atoms. The fraction of sp³-hybridized carbons (Fsp3) is 0. The Balaban J connectivity index is -0.0000000200. The molecule has 0 unspecified atom stereocenters. The standard InChI is InChI=1S/Cs.FH.2O.Sn/h;1H;;;/q+1;;;-1;. The van der Waals surface area contributed by atoms with Crippen LogP contribution in [-0.2, 0) is 3.08 Å². The molecule has 0 aliphatic rings. The molecule has 5 heteroatoms. The van der Waals surface area contributed by atoms with Crippen LogP contribution in [0, 0.1) is 0 Å². The van der Waals surface area contributed by atoms with E-state index in [1.54, 1.807) is 0 Å². The zero-order valence-corrected chi connectivity index (χ0v) is 11.9. The summed E-state index contributed by atoms with van der Waals surface area (Å²) in [5.41, 5.74) is 0. The second kappa shape index (κ2) is 16.0. The van der Waals surface area contributed by atoms with Crippen LogP contribution >= 0.6 is 0 Å². The van der Waals surface area contributed by atoms with Crippen molar-refractivity contribution in [1.29, 1.82) is 0 Å². The van der Waals surface area contributed by atoms with E-state index in [1.165, 1.54) is 0 Å². The summed E-state index contributed by atoms with van der Waals surface area (Å²) in [5, 5.41) is 0. The fourth-order valence-electron chi connectivity index (χ4n) is 0. The first-order valence-electron chi connectivity index (χ1n) is 0.408. The Bertz CT molecular complexity index is 17.1. The zero-order chi connectivity index (χ0) is 2.71. The van der Waals surface area contributed by atoms with E-state index in [9.17, 15) is 0 Å². The van der Waals surface area contributed by atoms with E-state index < -0.39 is 21.5 Å². The van der Waals surface area contributed by atoms with E-state index >= 15 is 0 Å². The van der Waals surface area contributed by atoms with Crippen molar-refractivity contribution in [2.75, 3.05) is 0 Å². The van der Waals surface area contributed by atoms with Crippen molar-refractivity contribution in [1.82, 2.24) is 0 Å². The summed E-state index contributed by atoms with van der Waals surface area (Å²) in [6, 6.07) is 0. The molecule has 0 aromatic rings. The quantitative estimate of drug-likeness (QED) is 0.423. The maximum atomic E-state index is 8.54. The number of hydrogen-bond acceptors (Lipinski definition) is 2. The fourth-order valence-corrected chi connectivity index (χ4v) is 0.